The van der Waals surface area contributed by atoms with Crippen LogP contribution in [-0.2, 0) is 19.1 Å². The van der Waals surface area contributed by atoms with Crippen molar-refractivity contribution in [1.82, 2.24) is 24.5 Å². The zero-order valence-electron chi connectivity index (χ0n) is 22.6. The molecule has 5 rings (SSSR count). The second-order valence-corrected chi connectivity index (χ2v) is 9.10. The minimum atomic E-state index is -5.08. The van der Waals surface area contributed by atoms with Gasteiger partial charge in [0.25, 0.3) is 6.43 Å². The van der Waals surface area contributed by atoms with Gasteiger partial charge >= 0.3 is 12.1 Å². The number of aromatic nitrogens is 5. The van der Waals surface area contributed by atoms with Gasteiger partial charge in [-0.1, -0.05) is 6.07 Å². The average Bonchev–Trinajstić information content (AvgIpc) is 3.39. The molecule has 0 radical (unpaired) electrons. The molecule has 43 heavy (non-hydrogen) atoms. The molecule has 3 aromatic rings. The Morgan fingerprint density at radius 1 is 0.930 bits per heavy atom. The molecule has 0 aliphatic carbocycles. The number of anilines is 3. The summed E-state index contributed by atoms with van der Waals surface area (Å²) in [4.78, 5) is 42.9. The van der Waals surface area contributed by atoms with Gasteiger partial charge in [0.2, 0.25) is 23.8 Å². The van der Waals surface area contributed by atoms with Crippen LogP contribution in [0.15, 0.2) is 18.2 Å². The lowest BCUT2D eigenvalue weighted by molar-refractivity contribution is -0.192. The predicted octanol–water partition coefficient (Wildman–Crippen LogP) is 1.74. The number of ether oxygens (including phenoxy) is 2. The maximum Gasteiger partial charge on any atom is 0.490 e. The molecular formula is C24H28F5N9O5. The lowest BCUT2D eigenvalue weighted by Crippen LogP contribution is -2.40. The van der Waals surface area contributed by atoms with E-state index in [-0.39, 0.29) is 30.3 Å². The number of imidazole rings is 1. The van der Waals surface area contributed by atoms with Crippen molar-refractivity contribution in [1.29, 1.82) is 0 Å². The fourth-order valence-corrected chi connectivity index (χ4v) is 4.17. The number of para-hydroxylation sites is 1. The van der Waals surface area contributed by atoms with E-state index in [1.807, 2.05) is 9.80 Å². The second-order valence-electron chi connectivity index (χ2n) is 9.10. The van der Waals surface area contributed by atoms with Gasteiger partial charge < -0.3 is 35.4 Å². The van der Waals surface area contributed by atoms with E-state index >= 15 is 0 Å². The Bertz CT molecular complexity index is 1390. The number of rotatable bonds is 7. The first-order chi connectivity index (χ1) is 20.5. The molecule has 2 saturated heterocycles. The van der Waals surface area contributed by atoms with Crippen LogP contribution in [-0.4, -0.2) is 107 Å². The third-order valence-corrected chi connectivity index (χ3v) is 6.18. The number of benzene rings is 1. The molecule has 4 heterocycles. The first-order valence-electron chi connectivity index (χ1n) is 13.0. The van der Waals surface area contributed by atoms with Gasteiger partial charge in [-0.05, 0) is 12.1 Å². The SMILES string of the molecule is NCCC(=O)Nc1cccc2c1nc(C(F)F)n2-c1nc(N2CCOCC2)nc(N2CCOCC2)n1.O=C(O)C(F)(F)F. The highest BCUT2D eigenvalue weighted by molar-refractivity contribution is 6.00. The Morgan fingerprint density at radius 3 is 1.91 bits per heavy atom. The number of alkyl halides is 5. The number of carboxylic acid groups (broad SMARTS) is 1. The van der Waals surface area contributed by atoms with E-state index in [9.17, 15) is 26.7 Å². The first-order valence-corrected chi connectivity index (χ1v) is 13.0. The van der Waals surface area contributed by atoms with E-state index in [0.717, 1.165) is 0 Å². The Morgan fingerprint density at radius 2 is 1.44 bits per heavy atom. The molecule has 2 aliphatic rings. The molecule has 0 unspecified atom stereocenters. The number of morpholine rings is 2. The van der Waals surface area contributed by atoms with Crippen molar-refractivity contribution in [2.24, 2.45) is 5.73 Å². The summed E-state index contributed by atoms with van der Waals surface area (Å²) in [7, 11) is 0. The molecule has 4 N–H and O–H groups in total. The molecule has 2 aromatic heterocycles. The molecule has 0 saturated carbocycles. The number of nitrogens with one attached hydrogen (secondary N) is 1. The molecule has 1 aromatic carbocycles. The van der Waals surface area contributed by atoms with Gasteiger partial charge in [0.05, 0.1) is 37.6 Å². The van der Waals surface area contributed by atoms with E-state index in [1.54, 1.807) is 18.2 Å². The minimum Gasteiger partial charge on any atom is -0.475 e. The molecule has 0 spiro atoms. The van der Waals surface area contributed by atoms with E-state index in [4.69, 9.17) is 25.1 Å². The number of hydrogen-bond acceptors (Lipinski definition) is 11. The fourth-order valence-electron chi connectivity index (χ4n) is 4.17. The molecule has 2 fully saturated rings. The van der Waals surface area contributed by atoms with Crippen molar-refractivity contribution in [3.63, 3.8) is 0 Å². The standard InChI is InChI=1S/C22H27F2N9O3.C2HF3O2/c23-18(24)19-27-17-14(26-16(34)4-5-25)2-1-3-15(17)33(19)22-29-20(31-6-10-35-11-7-31)28-21(30-22)32-8-12-36-13-9-32;3-2(4,5)1(6)7/h1-3,18H,4-13,25H2,(H,26,34);(H,6,7). The van der Waals surface area contributed by atoms with Gasteiger partial charge in [-0.15, -0.1) is 0 Å². The van der Waals surface area contributed by atoms with Crippen LogP contribution in [0.4, 0.5) is 39.5 Å². The van der Waals surface area contributed by atoms with Gasteiger partial charge in [-0.3, -0.25) is 9.36 Å². The van der Waals surface area contributed by atoms with Crippen molar-refractivity contribution in [2.75, 3.05) is 74.3 Å². The molecule has 2 aliphatic heterocycles. The first kappa shape index (κ1) is 31.7. The summed E-state index contributed by atoms with van der Waals surface area (Å²) in [6.45, 7) is 4.47. The Labute approximate surface area is 240 Å². The molecule has 19 heteroatoms. The third-order valence-electron chi connectivity index (χ3n) is 6.18. The molecular weight excluding hydrogens is 589 g/mol. The Hall–Kier alpha value is -4.23. The van der Waals surface area contributed by atoms with E-state index in [1.165, 1.54) is 4.57 Å². The summed E-state index contributed by atoms with van der Waals surface area (Å²) in [5.41, 5.74) is 6.32. The van der Waals surface area contributed by atoms with E-state index in [2.05, 4.69) is 25.3 Å². The highest BCUT2D eigenvalue weighted by Crippen LogP contribution is 2.32. The summed E-state index contributed by atoms with van der Waals surface area (Å²) in [6, 6.07) is 4.90. The van der Waals surface area contributed by atoms with Crippen LogP contribution in [0.5, 0.6) is 0 Å². The van der Waals surface area contributed by atoms with Gasteiger partial charge in [0.15, 0.2) is 5.82 Å². The molecule has 0 bridgehead atoms. The van der Waals surface area contributed by atoms with Gasteiger partial charge in [-0.2, -0.15) is 28.1 Å². The summed E-state index contributed by atoms with van der Waals surface area (Å²) >= 11 is 0. The molecule has 0 atom stereocenters. The zero-order chi connectivity index (χ0) is 31.1. The van der Waals surface area contributed by atoms with Gasteiger partial charge in [-0.25, -0.2) is 18.6 Å². The van der Waals surface area contributed by atoms with Crippen LogP contribution in [0.1, 0.15) is 18.7 Å². The number of carbonyl (C=O) groups excluding carboxylic acids is 1. The maximum atomic E-state index is 14.3. The minimum absolute atomic E-state index is 0.0243. The van der Waals surface area contributed by atoms with Crippen molar-refractivity contribution < 1.29 is 46.1 Å². The normalized spacial score (nSPS) is 15.8. The zero-order valence-corrected chi connectivity index (χ0v) is 22.6. The molecule has 234 valence electrons. The van der Waals surface area contributed by atoms with Crippen LogP contribution < -0.4 is 20.9 Å². The summed E-state index contributed by atoms with van der Waals surface area (Å²) in [5.74, 6) is -2.85. The number of carboxylic acids is 1. The molecule has 1 amide bonds. The van der Waals surface area contributed by atoms with Crippen LogP contribution in [0, 0.1) is 0 Å². The summed E-state index contributed by atoms with van der Waals surface area (Å²) in [6.07, 6.45) is -7.90. The highest BCUT2D eigenvalue weighted by Gasteiger charge is 2.38. The van der Waals surface area contributed by atoms with Crippen LogP contribution >= 0.6 is 0 Å². The fraction of sp³-hybridized carbons (Fsp3) is 0.500. The quantitative estimate of drug-likeness (QED) is 0.328. The number of carbonyl (C=O) groups is 2. The number of amides is 1. The predicted molar refractivity (Wildman–Crippen MR) is 141 cm³/mol. The smallest absolute Gasteiger partial charge is 0.475 e. The van der Waals surface area contributed by atoms with Crippen molar-refractivity contribution in [3.8, 4) is 5.95 Å². The largest absolute Gasteiger partial charge is 0.490 e. The Balaban J connectivity index is 0.000000541. The monoisotopic (exact) mass is 617 g/mol. The summed E-state index contributed by atoms with van der Waals surface area (Å²) in [5, 5.41) is 9.83. The van der Waals surface area contributed by atoms with Crippen LogP contribution in [0.25, 0.3) is 17.0 Å². The molecule has 14 nitrogen and oxygen atoms in total. The van der Waals surface area contributed by atoms with Crippen LogP contribution in [0.3, 0.4) is 0 Å². The van der Waals surface area contributed by atoms with E-state index in [0.29, 0.717) is 75.7 Å². The number of hydrogen-bond donors (Lipinski definition) is 3. The summed E-state index contributed by atoms with van der Waals surface area (Å²) < 4.78 is 72.4. The topological polar surface area (TPSA) is 174 Å². The number of nitrogens with two attached hydrogens (primary N) is 1. The number of fused-ring (bicyclic) bond motifs is 1. The van der Waals surface area contributed by atoms with Crippen LogP contribution in [0.2, 0.25) is 0 Å². The number of aliphatic carboxylic acids is 1. The second kappa shape index (κ2) is 13.8. The van der Waals surface area contributed by atoms with Crippen molar-refractivity contribution >= 4 is 40.5 Å². The van der Waals surface area contributed by atoms with Crippen molar-refractivity contribution in [3.05, 3.63) is 24.0 Å². The average molecular weight is 618 g/mol. The third kappa shape index (κ3) is 7.79. The van der Waals surface area contributed by atoms with Gasteiger partial charge in [0, 0.05) is 39.1 Å². The van der Waals surface area contributed by atoms with Crippen molar-refractivity contribution in [2.45, 2.75) is 19.0 Å². The van der Waals surface area contributed by atoms with Gasteiger partial charge in [0.1, 0.15) is 5.52 Å². The lowest BCUT2D eigenvalue weighted by atomic mass is 10.2. The van der Waals surface area contributed by atoms with E-state index < -0.39 is 24.4 Å². The lowest BCUT2D eigenvalue weighted by Gasteiger charge is -2.30. The number of halogens is 5. The highest BCUT2D eigenvalue weighted by atomic mass is 19.4. The maximum absolute atomic E-state index is 14.3. The number of nitrogens with zero attached hydrogens (tertiary/aromatic N) is 7. The Kier molecular flexibility index (Phi) is 10.2.